The summed E-state index contributed by atoms with van der Waals surface area (Å²) in [5, 5.41) is 1.92. The highest BCUT2D eigenvalue weighted by Gasteiger charge is 2.33. The monoisotopic (exact) mass is 303 g/mol. The molecule has 8 heteroatoms. The Balaban J connectivity index is 2.27. The van der Waals surface area contributed by atoms with Crippen LogP contribution in [0.3, 0.4) is 0 Å². The molecule has 1 aromatic carbocycles. The van der Waals surface area contributed by atoms with E-state index in [1.165, 1.54) is 12.4 Å². The Morgan fingerprint density at radius 3 is 2.65 bits per heavy atom. The number of anilines is 1. The van der Waals surface area contributed by atoms with Gasteiger partial charge in [-0.1, -0.05) is 11.6 Å². The van der Waals surface area contributed by atoms with E-state index in [0.29, 0.717) is 5.69 Å². The van der Waals surface area contributed by atoms with Crippen LogP contribution in [-0.4, -0.2) is 15.9 Å². The van der Waals surface area contributed by atoms with Crippen molar-refractivity contribution < 1.29 is 18.0 Å². The molecule has 20 heavy (non-hydrogen) atoms. The minimum atomic E-state index is -4.58. The van der Waals surface area contributed by atoms with Crippen LogP contribution in [0.25, 0.3) is 0 Å². The lowest BCUT2D eigenvalue weighted by molar-refractivity contribution is -0.137. The van der Waals surface area contributed by atoms with Gasteiger partial charge in [0.25, 0.3) is 5.91 Å². The molecular weight excluding hydrogens is 295 g/mol. The average molecular weight is 304 g/mol. The van der Waals surface area contributed by atoms with Crippen LogP contribution < -0.4 is 5.32 Å². The molecule has 1 heterocycles. The Hall–Kier alpha value is -2.02. The molecule has 2 aromatic rings. The van der Waals surface area contributed by atoms with E-state index in [1.54, 1.807) is 6.92 Å². The average Bonchev–Trinajstić information content (AvgIpc) is 2.76. The van der Waals surface area contributed by atoms with Crippen molar-refractivity contribution in [3.05, 3.63) is 46.5 Å². The fourth-order valence-electron chi connectivity index (χ4n) is 1.60. The maximum Gasteiger partial charge on any atom is 0.417 e. The van der Waals surface area contributed by atoms with Crippen molar-refractivity contribution in [2.75, 3.05) is 5.32 Å². The highest BCUT2D eigenvalue weighted by molar-refractivity contribution is 6.31. The molecule has 1 amide bonds. The van der Waals surface area contributed by atoms with Crippen LogP contribution in [0.1, 0.15) is 21.7 Å². The third kappa shape index (κ3) is 2.93. The Bertz CT molecular complexity index is 652. The van der Waals surface area contributed by atoms with Crippen molar-refractivity contribution in [3.63, 3.8) is 0 Å². The molecule has 0 atom stereocenters. The summed E-state index contributed by atoms with van der Waals surface area (Å²) in [6, 6.07) is 3.15. The quantitative estimate of drug-likeness (QED) is 0.890. The van der Waals surface area contributed by atoms with Crippen LogP contribution in [0.2, 0.25) is 5.02 Å². The molecule has 106 valence electrons. The zero-order valence-corrected chi connectivity index (χ0v) is 10.9. The summed E-state index contributed by atoms with van der Waals surface area (Å²) in [5.41, 5.74) is -0.370. The molecule has 0 spiro atoms. The second-order valence-electron chi connectivity index (χ2n) is 4.02. The van der Waals surface area contributed by atoms with E-state index in [9.17, 15) is 18.0 Å². The van der Waals surface area contributed by atoms with Crippen LogP contribution in [-0.2, 0) is 6.18 Å². The second kappa shape index (κ2) is 5.16. The number of nitrogens with one attached hydrogen (secondary N) is 2. The van der Waals surface area contributed by atoms with Gasteiger partial charge >= 0.3 is 6.18 Å². The first-order valence-electron chi connectivity index (χ1n) is 5.47. The third-order valence-electron chi connectivity index (χ3n) is 2.57. The smallest absolute Gasteiger partial charge is 0.348 e. The number of carbonyl (C=O) groups excluding carboxylic acids is 1. The van der Waals surface area contributed by atoms with E-state index in [4.69, 9.17) is 11.6 Å². The summed E-state index contributed by atoms with van der Waals surface area (Å²) in [4.78, 5) is 18.3. The number of aryl methyl sites for hydroxylation is 1. The minimum absolute atomic E-state index is 0.00544. The topological polar surface area (TPSA) is 57.8 Å². The van der Waals surface area contributed by atoms with Crippen molar-refractivity contribution >= 4 is 23.2 Å². The molecule has 0 fully saturated rings. The van der Waals surface area contributed by atoms with Gasteiger partial charge in [0.1, 0.15) is 5.69 Å². The lowest BCUT2D eigenvalue weighted by atomic mass is 10.2. The Morgan fingerprint density at radius 1 is 1.40 bits per heavy atom. The zero-order valence-electron chi connectivity index (χ0n) is 10.2. The molecule has 0 aliphatic rings. The normalized spacial score (nSPS) is 11.4. The maximum absolute atomic E-state index is 12.7. The molecule has 2 N–H and O–H groups in total. The van der Waals surface area contributed by atoms with Crippen molar-refractivity contribution in [2.24, 2.45) is 0 Å². The highest BCUT2D eigenvalue weighted by Crippen LogP contribution is 2.36. The molecule has 0 unspecified atom stereocenters. The first kappa shape index (κ1) is 14.4. The minimum Gasteiger partial charge on any atom is -0.348 e. The number of hydrogen-bond donors (Lipinski definition) is 2. The molecule has 0 saturated carbocycles. The van der Waals surface area contributed by atoms with Crippen LogP contribution in [0.4, 0.5) is 18.9 Å². The molecule has 0 aliphatic carbocycles. The molecule has 0 bridgehead atoms. The number of halogens is 4. The molecule has 4 nitrogen and oxygen atoms in total. The van der Waals surface area contributed by atoms with Crippen molar-refractivity contribution in [3.8, 4) is 0 Å². The van der Waals surface area contributed by atoms with Gasteiger partial charge in [-0.2, -0.15) is 13.2 Å². The number of rotatable bonds is 2. The van der Waals surface area contributed by atoms with Gasteiger partial charge in [-0.3, -0.25) is 4.79 Å². The van der Waals surface area contributed by atoms with Gasteiger partial charge in [-0.05, 0) is 25.1 Å². The Kier molecular flexibility index (Phi) is 3.71. The fraction of sp³-hybridized carbons (Fsp3) is 0.167. The van der Waals surface area contributed by atoms with Gasteiger partial charge in [-0.25, -0.2) is 4.98 Å². The number of hydrogen-bond acceptors (Lipinski definition) is 2. The first-order valence-corrected chi connectivity index (χ1v) is 5.85. The van der Waals surface area contributed by atoms with Gasteiger partial charge in [0.05, 0.1) is 16.9 Å². The summed E-state index contributed by atoms with van der Waals surface area (Å²) in [7, 11) is 0. The number of aromatic nitrogens is 2. The van der Waals surface area contributed by atoms with E-state index in [0.717, 1.165) is 12.1 Å². The van der Waals surface area contributed by atoms with Crippen molar-refractivity contribution in [1.29, 1.82) is 0 Å². The maximum atomic E-state index is 12.7. The summed E-state index contributed by atoms with van der Waals surface area (Å²) >= 11 is 5.49. The Labute approximate surface area is 117 Å². The van der Waals surface area contributed by atoms with E-state index >= 15 is 0 Å². The number of benzene rings is 1. The summed E-state index contributed by atoms with van der Waals surface area (Å²) < 4.78 is 38.1. The van der Waals surface area contributed by atoms with Crippen molar-refractivity contribution in [1.82, 2.24) is 9.97 Å². The number of nitrogens with zero attached hydrogens (tertiary/aromatic N) is 1. The summed E-state index contributed by atoms with van der Waals surface area (Å²) in [6.07, 6.45) is -3.26. The lowest BCUT2D eigenvalue weighted by Crippen LogP contribution is -2.15. The highest BCUT2D eigenvalue weighted by atomic mass is 35.5. The van der Waals surface area contributed by atoms with Gasteiger partial charge in [0.2, 0.25) is 0 Å². The SMILES string of the molecule is Cc1[nH]cnc1C(=O)Nc1ccc(Cl)c(C(F)(F)F)c1. The number of aromatic amines is 1. The second-order valence-corrected chi connectivity index (χ2v) is 4.43. The number of amides is 1. The predicted octanol–water partition coefficient (Wildman–Crippen LogP) is 3.64. The largest absolute Gasteiger partial charge is 0.417 e. The van der Waals surface area contributed by atoms with Crippen LogP contribution >= 0.6 is 11.6 Å². The standard InChI is InChI=1S/C12H9ClF3N3O/c1-6-10(18-5-17-6)11(20)19-7-2-3-9(13)8(4-7)12(14,15)16/h2-5H,1H3,(H,17,18)(H,19,20). The van der Waals surface area contributed by atoms with Gasteiger partial charge in [0.15, 0.2) is 0 Å². The number of imidazole rings is 1. The molecular formula is C12H9ClF3N3O. The van der Waals surface area contributed by atoms with Crippen molar-refractivity contribution in [2.45, 2.75) is 13.1 Å². The van der Waals surface area contributed by atoms with Crippen LogP contribution in [0, 0.1) is 6.92 Å². The third-order valence-corrected chi connectivity index (χ3v) is 2.90. The zero-order chi connectivity index (χ0) is 14.9. The first-order chi connectivity index (χ1) is 9.29. The van der Waals surface area contributed by atoms with E-state index in [-0.39, 0.29) is 11.4 Å². The van der Waals surface area contributed by atoms with Gasteiger partial charge in [0, 0.05) is 11.4 Å². The molecule has 1 aromatic heterocycles. The fourth-order valence-corrected chi connectivity index (χ4v) is 1.82. The van der Waals surface area contributed by atoms with Gasteiger partial charge < -0.3 is 10.3 Å². The number of carbonyl (C=O) groups is 1. The van der Waals surface area contributed by atoms with Crippen LogP contribution in [0.15, 0.2) is 24.5 Å². The lowest BCUT2D eigenvalue weighted by Gasteiger charge is -2.11. The Morgan fingerprint density at radius 2 is 2.10 bits per heavy atom. The van der Waals surface area contributed by atoms with Crippen LogP contribution in [0.5, 0.6) is 0 Å². The predicted molar refractivity (Wildman–Crippen MR) is 67.7 cm³/mol. The summed E-state index contributed by atoms with van der Waals surface area (Å²) in [6.45, 7) is 1.63. The van der Waals surface area contributed by atoms with E-state index in [1.807, 2.05) is 0 Å². The van der Waals surface area contributed by atoms with E-state index < -0.39 is 22.7 Å². The molecule has 0 saturated heterocycles. The molecule has 0 aliphatic heterocycles. The number of H-pyrrole nitrogens is 1. The summed E-state index contributed by atoms with van der Waals surface area (Å²) in [5.74, 6) is -0.598. The molecule has 2 rings (SSSR count). The number of alkyl halides is 3. The van der Waals surface area contributed by atoms with Gasteiger partial charge in [-0.15, -0.1) is 0 Å². The van der Waals surface area contributed by atoms with E-state index in [2.05, 4.69) is 15.3 Å². The molecule has 0 radical (unpaired) electrons.